The smallest absolute Gasteiger partial charge is 0.437 e. The van der Waals surface area contributed by atoms with Crippen LogP contribution in [-0.2, 0) is 40.5 Å². The van der Waals surface area contributed by atoms with Gasteiger partial charge in [-0.15, -0.1) is 0 Å². The van der Waals surface area contributed by atoms with Gasteiger partial charge in [0.2, 0.25) is 0 Å². The Hall–Kier alpha value is -7.29. The lowest BCUT2D eigenvalue weighted by Gasteiger charge is -2.11. The highest BCUT2D eigenvalue weighted by Gasteiger charge is 2.29. The fourth-order valence-electron chi connectivity index (χ4n) is 15.3. The van der Waals surface area contributed by atoms with E-state index in [2.05, 4.69) is 75.4 Å². The number of hydrogen-bond donors (Lipinski definition) is 0. The molecule has 9 aromatic rings. The standard InChI is InChI=1S/C90H123BN6O6S/c1-7-10-13-16-19-22-25-28-31-34-37-40-43-49-70-52-46-55-73(64-70)100-76-58-61-79-82(67-76)86-92-85(79)93-88-83-68-77(101-74-56-47-53-71(65-74)50-44-41-38-35-32-29-26-23-20-17-14-11-8-2)59-62-80(83)87(96(88)5)95-90-84-69-78(60-63-81(84)89(94-86)97(90)91(4)103-104(6,98)99)102-75-57-48-54-72(66-75)51-45-42-39-36-33-30-27-24-21-18-15-12-9-3/h46-48,52-69H,7-45,49-51H2,1-6H3. The maximum Gasteiger partial charge on any atom is 0.437 e. The first-order valence-corrected chi connectivity index (χ1v) is 43.0. The zero-order valence-electron chi connectivity index (χ0n) is 64.4. The van der Waals surface area contributed by atoms with Gasteiger partial charge in [-0.2, -0.15) is 0 Å². The number of rotatable bonds is 51. The van der Waals surface area contributed by atoms with E-state index in [1.54, 1.807) is 11.3 Å². The third-order valence-corrected chi connectivity index (χ3v) is 21.8. The molecule has 6 aromatic carbocycles. The third kappa shape index (κ3) is 24.6. The fraction of sp³-hybridized carbons (Fsp3) is 0.533. The van der Waals surface area contributed by atoms with E-state index in [1.807, 2.05) is 84.4 Å². The SMILES string of the molecule is CCCCCCCCCCCCCCCc1cccc(Oc2ccc3c(c2)-c2nc-3nc3c4cc(Oc5cccc(CCCCCCCCCCCCCCC)c5)ccc4c(nc4c5cc(Oc6cccc(CCCCCCCCCCCCCCC)c6)ccc5c(n2)n4B(C)OS(C)(=O)=O)n3C)c1. The quantitative estimate of drug-likeness (QED) is 0.0268. The Labute approximate surface area is 625 Å². The molecule has 0 amide bonds. The van der Waals surface area contributed by atoms with Crippen LogP contribution in [0.25, 0.3) is 66.9 Å². The lowest BCUT2D eigenvalue weighted by atomic mass is 9.88. The van der Waals surface area contributed by atoms with Crippen molar-refractivity contribution in [1.82, 2.24) is 29.0 Å². The molecular formula is C90H123BN6O6S. The van der Waals surface area contributed by atoms with Crippen molar-refractivity contribution in [2.75, 3.05) is 6.26 Å². The highest BCUT2D eigenvalue weighted by molar-refractivity contribution is 7.86. The highest BCUT2D eigenvalue weighted by atomic mass is 32.2. The summed E-state index contributed by atoms with van der Waals surface area (Å²) in [5.74, 6) is 4.96. The van der Waals surface area contributed by atoms with Crippen molar-refractivity contribution in [3.05, 3.63) is 144 Å². The molecule has 104 heavy (non-hydrogen) atoms. The van der Waals surface area contributed by atoms with Crippen molar-refractivity contribution < 1.29 is 26.7 Å². The molecule has 4 heterocycles. The number of unbranched alkanes of at least 4 members (excludes halogenated alkanes) is 36. The van der Waals surface area contributed by atoms with Crippen LogP contribution < -0.4 is 14.2 Å². The Balaban J connectivity index is 0.932. The van der Waals surface area contributed by atoms with E-state index in [1.165, 1.54) is 248 Å². The summed E-state index contributed by atoms with van der Waals surface area (Å²) >= 11 is 0. The van der Waals surface area contributed by atoms with Gasteiger partial charge in [0.25, 0.3) is 10.1 Å². The molecule has 6 bridgehead atoms. The summed E-state index contributed by atoms with van der Waals surface area (Å²) in [5.41, 5.74) is 7.25. The van der Waals surface area contributed by atoms with E-state index < -0.39 is 17.2 Å². The van der Waals surface area contributed by atoms with Crippen LogP contribution in [0.2, 0.25) is 6.82 Å². The van der Waals surface area contributed by atoms with E-state index in [9.17, 15) is 8.42 Å². The second-order valence-electron chi connectivity index (χ2n) is 30.1. The van der Waals surface area contributed by atoms with Crippen molar-refractivity contribution in [2.24, 2.45) is 7.05 Å². The molecule has 12 nitrogen and oxygen atoms in total. The van der Waals surface area contributed by atoms with E-state index in [4.69, 9.17) is 38.2 Å². The van der Waals surface area contributed by atoms with Gasteiger partial charge in [-0.05, 0) is 153 Å². The minimum Gasteiger partial charge on any atom is -0.457 e. The van der Waals surface area contributed by atoms with Gasteiger partial charge in [-0.1, -0.05) is 288 Å². The summed E-state index contributed by atoms with van der Waals surface area (Å²) in [4.78, 5) is 21.8. The average Bonchev–Trinajstić information content (AvgIpc) is 1.57. The molecule has 14 heteroatoms. The van der Waals surface area contributed by atoms with Gasteiger partial charge in [0.05, 0.1) is 6.26 Å². The summed E-state index contributed by atoms with van der Waals surface area (Å²) in [6.45, 7) is 8.57. The van der Waals surface area contributed by atoms with E-state index >= 15 is 0 Å². The van der Waals surface area contributed by atoms with E-state index in [0.29, 0.717) is 67.8 Å². The van der Waals surface area contributed by atoms with Gasteiger partial charge in [-0.3, -0.25) is 0 Å². The van der Waals surface area contributed by atoms with Crippen molar-refractivity contribution in [1.29, 1.82) is 0 Å². The number of aromatic nitrogens is 6. The zero-order valence-corrected chi connectivity index (χ0v) is 65.3. The van der Waals surface area contributed by atoms with Crippen molar-refractivity contribution in [3.8, 4) is 57.3 Å². The molecule has 0 saturated carbocycles. The van der Waals surface area contributed by atoms with Crippen LogP contribution in [0, 0.1) is 0 Å². The molecule has 10 rings (SSSR count). The van der Waals surface area contributed by atoms with Gasteiger partial charge in [0.1, 0.15) is 57.1 Å². The molecule has 0 fully saturated rings. The van der Waals surface area contributed by atoms with Crippen LogP contribution in [0.5, 0.6) is 34.5 Å². The maximum absolute atomic E-state index is 13.3. The number of benzene rings is 6. The van der Waals surface area contributed by atoms with Crippen LogP contribution in [0.15, 0.2) is 127 Å². The van der Waals surface area contributed by atoms with Crippen LogP contribution in [0.4, 0.5) is 0 Å². The molecule has 0 saturated heterocycles. The molecule has 3 aromatic heterocycles. The minimum absolute atomic E-state index is 0.377. The summed E-state index contributed by atoms with van der Waals surface area (Å²) in [6.07, 6.45) is 55.8. The molecule has 0 spiro atoms. The monoisotopic (exact) mass is 1430 g/mol. The normalized spacial score (nSPS) is 11.9. The summed E-state index contributed by atoms with van der Waals surface area (Å²) in [5, 5.41) is 2.98. The van der Waals surface area contributed by atoms with Crippen LogP contribution in [0.3, 0.4) is 0 Å². The Morgan fingerprint density at radius 1 is 0.327 bits per heavy atom. The largest absolute Gasteiger partial charge is 0.457 e. The Kier molecular flexibility index (Phi) is 32.6. The molecule has 0 unspecified atom stereocenters. The topological polar surface area (TPSA) is 132 Å². The van der Waals surface area contributed by atoms with Gasteiger partial charge < -0.3 is 27.4 Å². The van der Waals surface area contributed by atoms with E-state index in [-0.39, 0.29) is 0 Å². The molecule has 0 aliphatic carbocycles. The lowest BCUT2D eigenvalue weighted by Crippen LogP contribution is -2.28. The predicted molar refractivity (Wildman–Crippen MR) is 437 cm³/mol. The van der Waals surface area contributed by atoms with Crippen LogP contribution in [0.1, 0.15) is 288 Å². The molecular weight excluding hydrogens is 1300 g/mol. The number of ether oxygens (including phenoxy) is 3. The van der Waals surface area contributed by atoms with Crippen molar-refractivity contribution >= 4 is 61.3 Å². The number of aryl methyl sites for hydroxylation is 4. The number of hydrogen-bond acceptors (Lipinski definition) is 10. The van der Waals surface area contributed by atoms with Crippen molar-refractivity contribution in [2.45, 2.75) is 297 Å². The Bertz CT molecular complexity index is 4300. The zero-order chi connectivity index (χ0) is 72.6. The van der Waals surface area contributed by atoms with Gasteiger partial charge in [-0.25, -0.2) is 28.4 Å². The van der Waals surface area contributed by atoms with Crippen molar-refractivity contribution in [3.63, 3.8) is 0 Å². The fourth-order valence-corrected chi connectivity index (χ4v) is 15.9. The minimum atomic E-state index is -4.01. The van der Waals surface area contributed by atoms with Crippen LogP contribution in [-0.4, -0.2) is 50.7 Å². The molecule has 558 valence electrons. The first kappa shape index (κ1) is 79.3. The van der Waals surface area contributed by atoms with Crippen LogP contribution >= 0.6 is 0 Å². The predicted octanol–water partition coefficient (Wildman–Crippen LogP) is 27.0. The molecule has 1 aliphatic heterocycles. The first-order chi connectivity index (χ1) is 50.9. The molecule has 1 aliphatic rings. The average molecular weight is 1430 g/mol. The van der Waals surface area contributed by atoms with Gasteiger partial charge >= 0.3 is 7.05 Å². The Morgan fingerprint density at radius 3 is 1.03 bits per heavy atom. The summed E-state index contributed by atoms with van der Waals surface area (Å²) < 4.78 is 56.7. The lowest BCUT2D eigenvalue weighted by molar-refractivity contribution is 0.481. The van der Waals surface area contributed by atoms with Gasteiger partial charge in [0, 0.05) is 39.7 Å². The third-order valence-electron chi connectivity index (χ3n) is 21.1. The molecule has 0 N–H and O–H groups in total. The second-order valence-corrected chi connectivity index (χ2v) is 31.7. The first-order valence-electron chi connectivity index (χ1n) is 41.2. The van der Waals surface area contributed by atoms with Gasteiger partial charge in [0.15, 0.2) is 11.6 Å². The summed E-state index contributed by atoms with van der Waals surface area (Å²) in [7, 11) is -3.15. The molecule has 0 atom stereocenters. The number of fused-ring (bicyclic) bond motifs is 15. The van der Waals surface area contributed by atoms with E-state index in [0.717, 1.165) is 78.4 Å². The summed E-state index contributed by atoms with van der Waals surface area (Å²) in [6, 6.07) is 43.3. The highest BCUT2D eigenvalue weighted by Crippen LogP contribution is 2.41. The maximum atomic E-state index is 13.3. The molecule has 0 radical (unpaired) electrons. The second kappa shape index (κ2) is 42.8. The number of nitrogens with zero attached hydrogens (tertiary/aromatic N) is 6. The Morgan fingerprint density at radius 2 is 0.635 bits per heavy atom.